The van der Waals surface area contributed by atoms with Crippen molar-refractivity contribution in [2.24, 2.45) is 0 Å². The van der Waals surface area contributed by atoms with E-state index in [2.05, 4.69) is 35.0 Å². The van der Waals surface area contributed by atoms with Crippen LogP contribution in [0, 0.1) is 0 Å². The molecule has 1 aromatic heterocycles. The number of hydrogen-bond donors (Lipinski definition) is 1. The first-order chi connectivity index (χ1) is 8.72. The summed E-state index contributed by atoms with van der Waals surface area (Å²) in [7, 11) is 0. The van der Waals surface area contributed by atoms with E-state index >= 15 is 0 Å². The van der Waals surface area contributed by atoms with Crippen molar-refractivity contribution in [2.45, 2.75) is 38.8 Å². The molecule has 2 heterocycles. The average molecular weight is 261 g/mol. The highest BCUT2D eigenvalue weighted by molar-refractivity contribution is 7.22. The summed E-state index contributed by atoms with van der Waals surface area (Å²) in [4.78, 5) is 6.88. The van der Waals surface area contributed by atoms with Crippen molar-refractivity contribution in [3.05, 3.63) is 23.8 Å². The molecule has 1 aliphatic heterocycles. The minimum Gasteiger partial charge on any atom is -0.375 e. The van der Waals surface area contributed by atoms with Crippen LogP contribution in [0.4, 0.5) is 5.13 Å². The minimum absolute atomic E-state index is 0.661. The maximum Gasteiger partial charge on any atom is 0.181 e. The Labute approximate surface area is 112 Å². The zero-order chi connectivity index (χ0) is 12.5. The van der Waals surface area contributed by atoms with Gasteiger partial charge in [-0.2, -0.15) is 0 Å². The molecular weight excluding hydrogens is 242 g/mol. The van der Waals surface area contributed by atoms with Gasteiger partial charge in [-0.1, -0.05) is 23.8 Å². The third kappa shape index (κ3) is 2.35. The van der Waals surface area contributed by atoms with Gasteiger partial charge in [-0.3, -0.25) is 4.90 Å². The molecule has 2 aromatic rings. The van der Waals surface area contributed by atoms with Crippen LogP contribution in [0.1, 0.15) is 31.7 Å². The van der Waals surface area contributed by atoms with Crippen LogP contribution in [-0.4, -0.2) is 22.5 Å². The van der Waals surface area contributed by atoms with Crippen LogP contribution < -0.4 is 5.73 Å². The molecule has 18 heavy (non-hydrogen) atoms. The number of likely N-dealkylation sites (tertiary alicyclic amines) is 1. The van der Waals surface area contributed by atoms with E-state index < -0.39 is 0 Å². The SMILES string of the molecule is CC1CCCCN1Cc1ccc2nc(N)sc2c1. The molecule has 0 bridgehead atoms. The lowest BCUT2D eigenvalue weighted by Gasteiger charge is -2.33. The molecule has 96 valence electrons. The normalized spacial score (nSPS) is 21.5. The van der Waals surface area contributed by atoms with Crippen molar-refractivity contribution in [3.8, 4) is 0 Å². The van der Waals surface area contributed by atoms with Crippen LogP contribution in [0.25, 0.3) is 10.2 Å². The highest BCUT2D eigenvalue weighted by Crippen LogP contribution is 2.26. The van der Waals surface area contributed by atoms with Crippen molar-refractivity contribution < 1.29 is 0 Å². The number of thiazole rings is 1. The molecule has 1 saturated heterocycles. The fourth-order valence-electron chi connectivity index (χ4n) is 2.71. The van der Waals surface area contributed by atoms with Gasteiger partial charge in [0.05, 0.1) is 10.2 Å². The molecule has 1 atom stereocenters. The number of nitrogens with zero attached hydrogens (tertiary/aromatic N) is 2. The molecule has 0 saturated carbocycles. The number of anilines is 1. The third-order valence-electron chi connectivity index (χ3n) is 3.80. The van der Waals surface area contributed by atoms with Gasteiger partial charge >= 0.3 is 0 Å². The summed E-state index contributed by atoms with van der Waals surface area (Å²) in [5.74, 6) is 0. The van der Waals surface area contributed by atoms with Crippen LogP contribution >= 0.6 is 11.3 Å². The van der Waals surface area contributed by atoms with Crippen molar-refractivity contribution in [2.75, 3.05) is 12.3 Å². The average Bonchev–Trinajstić information content (AvgIpc) is 2.71. The predicted molar refractivity (Wildman–Crippen MR) is 77.8 cm³/mol. The van der Waals surface area contributed by atoms with Gasteiger partial charge in [-0.05, 0) is 44.0 Å². The molecule has 0 amide bonds. The van der Waals surface area contributed by atoms with Gasteiger partial charge in [0.2, 0.25) is 0 Å². The Morgan fingerprint density at radius 2 is 2.33 bits per heavy atom. The van der Waals surface area contributed by atoms with Crippen LogP contribution in [0.2, 0.25) is 0 Å². The van der Waals surface area contributed by atoms with Crippen LogP contribution in [0.3, 0.4) is 0 Å². The molecule has 4 heteroatoms. The largest absolute Gasteiger partial charge is 0.375 e. The second-order valence-corrected chi connectivity index (χ2v) is 6.23. The summed E-state index contributed by atoms with van der Waals surface area (Å²) in [6.07, 6.45) is 4.04. The lowest BCUT2D eigenvalue weighted by Crippen LogP contribution is -2.36. The molecule has 2 N–H and O–H groups in total. The molecule has 1 fully saturated rings. The number of fused-ring (bicyclic) bond motifs is 1. The summed E-state index contributed by atoms with van der Waals surface area (Å²) in [6, 6.07) is 7.22. The van der Waals surface area contributed by atoms with E-state index in [4.69, 9.17) is 5.73 Å². The Balaban J connectivity index is 1.81. The van der Waals surface area contributed by atoms with Crippen molar-refractivity contribution >= 4 is 26.7 Å². The highest BCUT2D eigenvalue weighted by Gasteiger charge is 2.18. The van der Waals surface area contributed by atoms with Gasteiger partial charge in [-0.15, -0.1) is 0 Å². The Morgan fingerprint density at radius 1 is 1.44 bits per heavy atom. The second-order valence-electron chi connectivity index (χ2n) is 5.17. The van der Waals surface area contributed by atoms with E-state index in [-0.39, 0.29) is 0 Å². The fraction of sp³-hybridized carbons (Fsp3) is 0.500. The number of benzene rings is 1. The first kappa shape index (κ1) is 11.9. The smallest absolute Gasteiger partial charge is 0.181 e. The number of nitrogens with two attached hydrogens (primary N) is 1. The summed E-state index contributed by atoms with van der Waals surface area (Å²) in [6.45, 7) is 4.61. The Morgan fingerprint density at radius 3 is 3.17 bits per heavy atom. The van der Waals surface area contributed by atoms with Crippen molar-refractivity contribution in [1.82, 2.24) is 9.88 Å². The van der Waals surface area contributed by atoms with Gasteiger partial charge in [-0.25, -0.2) is 4.98 Å². The molecular formula is C14H19N3S. The zero-order valence-electron chi connectivity index (χ0n) is 10.7. The number of piperidine rings is 1. The molecule has 3 nitrogen and oxygen atoms in total. The quantitative estimate of drug-likeness (QED) is 0.902. The maximum atomic E-state index is 5.74. The molecule has 1 aliphatic rings. The van der Waals surface area contributed by atoms with E-state index in [0.29, 0.717) is 11.2 Å². The Bertz CT molecular complexity index is 549. The third-order valence-corrected chi connectivity index (χ3v) is 4.64. The summed E-state index contributed by atoms with van der Waals surface area (Å²) < 4.78 is 1.20. The molecule has 1 unspecified atom stereocenters. The molecule has 3 rings (SSSR count). The highest BCUT2D eigenvalue weighted by atomic mass is 32.1. The standard InChI is InChI=1S/C14H19N3S/c1-10-4-2-3-7-17(10)9-11-5-6-12-13(8-11)18-14(15)16-12/h5-6,8,10H,2-4,7,9H2,1H3,(H2,15,16). The van der Waals surface area contributed by atoms with Gasteiger partial charge in [0, 0.05) is 12.6 Å². The number of nitrogen functional groups attached to an aromatic ring is 1. The predicted octanol–water partition coefficient (Wildman–Crippen LogP) is 3.25. The molecule has 1 aromatic carbocycles. The number of aromatic nitrogens is 1. The van der Waals surface area contributed by atoms with E-state index in [1.165, 1.54) is 36.1 Å². The fourth-order valence-corrected chi connectivity index (χ4v) is 3.51. The van der Waals surface area contributed by atoms with Crippen molar-refractivity contribution in [3.63, 3.8) is 0 Å². The van der Waals surface area contributed by atoms with Gasteiger partial charge in [0.15, 0.2) is 5.13 Å². The zero-order valence-corrected chi connectivity index (χ0v) is 11.5. The maximum absolute atomic E-state index is 5.74. The van der Waals surface area contributed by atoms with Crippen LogP contribution in [0.15, 0.2) is 18.2 Å². The van der Waals surface area contributed by atoms with E-state index in [9.17, 15) is 0 Å². The lowest BCUT2D eigenvalue weighted by atomic mass is 10.0. The molecule has 0 radical (unpaired) electrons. The number of hydrogen-bond acceptors (Lipinski definition) is 4. The summed E-state index contributed by atoms with van der Waals surface area (Å²) in [5.41, 5.74) is 8.14. The van der Waals surface area contributed by atoms with Gasteiger partial charge in [0.25, 0.3) is 0 Å². The number of rotatable bonds is 2. The minimum atomic E-state index is 0.661. The Kier molecular flexibility index (Phi) is 3.22. The first-order valence-electron chi connectivity index (χ1n) is 6.61. The monoisotopic (exact) mass is 261 g/mol. The lowest BCUT2D eigenvalue weighted by molar-refractivity contribution is 0.152. The molecule has 0 spiro atoms. The van der Waals surface area contributed by atoms with Gasteiger partial charge < -0.3 is 5.73 Å². The van der Waals surface area contributed by atoms with Gasteiger partial charge in [0.1, 0.15) is 0 Å². The summed E-state index contributed by atoms with van der Waals surface area (Å²) >= 11 is 1.58. The molecule has 0 aliphatic carbocycles. The first-order valence-corrected chi connectivity index (χ1v) is 7.43. The Hall–Kier alpha value is -1.13. The van der Waals surface area contributed by atoms with Crippen LogP contribution in [0.5, 0.6) is 0 Å². The van der Waals surface area contributed by atoms with Crippen molar-refractivity contribution in [1.29, 1.82) is 0 Å². The van der Waals surface area contributed by atoms with E-state index in [1.807, 2.05) is 0 Å². The van der Waals surface area contributed by atoms with Crippen LogP contribution in [-0.2, 0) is 6.54 Å². The topological polar surface area (TPSA) is 42.2 Å². The second kappa shape index (κ2) is 4.86. The summed E-state index contributed by atoms with van der Waals surface area (Å²) in [5, 5.41) is 0.661. The van der Waals surface area contributed by atoms with E-state index in [1.54, 1.807) is 11.3 Å². The van der Waals surface area contributed by atoms with E-state index in [0.717, 1.165) is 12.1 Å².